The Hall–Kier alpha value is -1.93. The molecule has 0 aliphatic carbocycles. The summed E-state index contributed by atoms with van der Waals surface area (Å²) in [4.78, 5) is 33.0. The van der Waals surface area contributed by atoms with Crippen LogP contribution in [0.2, 0.25) is 0 Å². The molecule has 0 amide bonds. The van der Waals surface area contributed by atoms with Crippen LogP contribution in [0.15, 0.2) is 0 Å². The van der Waals surface area contributed by atoms with Crippen molar-refractivity contribution in [3.05, 3.63) is 61.3 Å². The molecule has 0 saturated heterocycles. The van der Waals surface area contributed by atoms with Gasteiger partial charge in [-0.15, -0.1) is 0 Å². The molecule has 0 aliphatic heterocycles. The van der Waals surface area contributed by atoms with E-state index in [1.165, 1.54) is 0 Å². The van der Waals surface area contributed by atoms with Gasteiger partial charge in [-0.1, -0.05) is 0 Å². The van der Waals surface area contributed by atoms with Crippen molar-refractivity contribution in [1.29, 1.82) is 0 Å². The van der Waals surface area contributed by atoms with Gasteiger partial charge in [-0.2, -0.15) is 0 Å². The Labute approximate surface area is 122 Å². The molecule has 0 heterocycles. The summed E-state index contributed by atoms with van der Waals surface area (Å²) in [5.74, 6) is 0. The van der Waals surface area contributed by atoms with Crippen LogP contribution < -0.4 is 0 Å². The summed E-state index contributed by atoms with van der Waals surface area (Å²) in [7, 11) is 0. The summed E-state index contributed by atoms with van der Waals surface area (Å²) in [6.07, 6.45) is 0. The van der Waals surface area contributed by atoms with Crippen molar-refractivity contribution < 1.29 is 42.7 Å². The second kappa shape index (κ2) is 29.4. The molecule has 18 heavy (non-hydrogen) atoms. The molecule has 16 nitrogen and oxygen atoms in total. The van der Waals surface area contributed by atoms with Crippen molar-refractivity contribution in [1.82, 2.24) is 0 Å². The zero-order chi connectivity index (χ0) is 14.3. The smallest absolute Gasteiger partial charge is 0.356 e. The van der Waals surface area contributed by atoms with E-state index < -0.39 is 20.3 Å². The average molecular weight is 383 g/mol. The van der Waals surface area contributed by atoms with Crippen molar-refractivity contribution in [2.45, 2.75) is 0 Å². The number of nitrogens with zero attached hydrogens (tertiary/aromatic N) is 4. The maximum absolute atomic E-state index is 8.25. The molecule has 18 heteroatoms. The van der Waals surface area contributed by atoms with Crippen LogP contribution in [0.3, 0.4) is 0 Å². The fraction of sp³-hybridized carbons (Fsp3) is 0. The SMILES string of the molecule is O=[N+]([O-])[O-].O=[N+]([O-])[O-].O=[N+]([O-])[O-].O=[N+]([O-])[O-].[Ag+].[Al+3]. The maximum Gasteiger partial charge on any atom is 3.00 e. The molecule has 0 atom stereocenters. The van der Waals surface area contributed by atoms with E-state index in [1.807, 2.05) is 0 Å². The second-order valence-electron chi connectivity index (χ2n) is 0.894. The molecular weight excluding hydrogens is 383 g/mol. The summed E-state index contributed by atoms with van der Waals surface area (Å²) in [5, 5.41) is 59.0. The molecule has 0 unspecified atom stereocenters. The molecule has 0 aliphatic rings. The number of hydrogen-bond acceptors (Lipinski definition) is 12. The van der Waals surface area contributed by atoms with E-state index in [9.17, 15) is 0 Å². The summed E-state index contributed by atoms with van der Waals surface area (Å²) < 4.78 is 0. The van der Waals surface area contributed by atoms with Crippen LogP contribution in [0.1, 0.15) is 0 Å². The van der Waals surface area contributed by atoms with Crippen LogP contribution in [0, 0.1) is 61.3 Å². The predicted molar refractivity (Wildman–Crippen MR) is 47.2 cm³/mol. The molecule has 0 fully saturated rings. The molecule has 0 aromatic rings. The molecule has 0 rings (SSSR count). The standard InChI is InChI=1S/Ag.Al.4NO3/c;;4*2-1(3)4/q+1;+3;4*-1. The van der Waals surface area contributed by atoms with E-state index in [0.717, 1.165) is 0 Å². The van der Waals surface area contributed by atoms with Crippen molar-refractivity contribution in [3.63, 3.8) is 0 Å². The van der Waals surface area contributed by atoms with Crippen molar-refractivity contribution in [3.8, 4) is 0 Å². The summed E-state index contributed by atoms with van der Waals surface area (Å²) in [6, 6.07) is 0. The third kappa shape index (κ3) is 647. The van der Waals surface area contributed by atoms with Gasteiger partial charge in [0.05, 0.1) is 20.3 Å². The van der Waals surface area contributed by atoms with Gasteiger partial charge in [0, 0.05) is 0 Å². The van der Waals surface area contributed by atoms with Gasteiger partial charge < -0.3 is 61.3 Å². The van der Waals surface area contributed by atoms with Gasteiger partial charge in [0.15, 0.2) is 0 Å². The minimum absolute atomic E-state index is 0. The van der Waals surface area contributed by atoms with E-state index in [1.54, 1.807) is 0 Å². The molecule has 106 valence electrons. The number of rotatable bonds is 0. The molecule has 0 saturated carbocycles. The van der Waals surface area contributed by atoms with Crippen LogP contribution in [-0.4, -0.2) is 37.7 Å². The summed E-state index contributed by atoms with van der Waals surface area (Å²) in [6.45, 7) is 0. The zero-order valence-electron chi connectivity index (χ0n) is 7.57. The Bertz CT molecular complexity index is 164. The molecule has 0 bridgehead atoms. The maximum atomic E-state index is 8.25. The average Bonchev–Trinajstić information content (AvgIpc) is 1.76. The largest absolute Gasteiger partial charge is 3.00 e. The van der Waals surface area contributed by atoms with E-state index in [2.05, 4.69) is 0 Å². The van der Waals surface area contributed by atoms with E-state index >= 15 is 0 Å². The summed E-state index contributed by atoms with van der Waals surface area (Å²) in [5.41, 5.74) is 0. The predicted octanol–water partition coefficient (Wildman–Crippen LogP) is -1.34. The van der Waals surface area contributed by atoms with Crippen molar-refractivity contribution in [2.75, 3.05) is 0 Å². The first-order valence-corrected chi connectivity index (χ1v) is 2.19. The monoisotopic (exact) mass is 382 g/mol. The fourth-order valence-corrected chi connectivity index (χ4v) is 0. The van der Waals surface area contributed by atoms with Gasteiger partial charge in [-0.25, -0.2) is 0 Å². The first-order valence-electron chi connectivity index (χ1n) is 2.19. The van der Waals surface area contributed by atoms with Gasteiger partial charge in [0.2, 0.25) is 0 Å². The molecule has 0 aromatic heterocycles. The minimum atomic E-state index is -1.75. The van der Waals surface area contributed by atoms with Crippen LogP contribution in [0.25, 0.3) is 0 Å². The Morgan fingerprint density at radius 1 is 0.444 bits per heavy atom. The zero-order valence-corrected chi connectivity index (χ0v) is 10.2. The second-order valence-corrected chi connectivity index (χ2v) is 0.894. The quantitative estimate of drug-likeness (QED) is 0.267. The molecule has 0 aromatic carbocycles. The molecular formula is AgAlN4O12. The fourth-order valence-electron chi connectivity index (χ4n) is 0. The van der Waals surface area contributed by atoms with Gasteiger partial charge in [0.25, 0.3) is 0 Å². The first kappa shape index (κ1) is 36.0. The van der Waals surface area contributed by atoms with E-state index in [0.29, 0.717) is 0 Å². The Morgan fingerprint density at radius 3 is 0.444 bits per heavy atom. The molecule has 0 N–H and O–H groups in total. The first-order chi connectivity index (χ1) is 6.93. The Balaban J connectivity index is -0.0000000257. The molecule has 0 radical (unpaired) electrons. The topological polar surface area (TPSA) is 265 Å². The van der Waals surface area contributed by atoms with Gasteiger partial charge in [-0.05, 0) is 0 Å². The Kier molecular flexibility index (Phi) is 58.8. The van der Waals surface area contributed by atoms with Crippen LogP contribution >= 0.6 is 0 Å². The van der Waals surface area contributed by atoms with Crippen LogP contribution in [0.5, 0.6) is 0 Å². The number of hydrogen-bond donors (Lipinski definition) is 0. The third-order valence-electron chi connectivity index (χ3n) is 0. The molecule has 0 spiro atoms. The normalized spacial score (nSPS) is 5.33. The summed E-state index contributed by atoms with van der Waals surface area (Å²) >= 11 is 0. The van der Waals surface area contributed by atoms with Gasteiger partial charge >= 0.3 is 39.7 Å². The van der Waals surface area contributed by atoms with E-state index in [4.69, 9.17) is 61.3 Å². The minimum Gasteiger partial charge on any atom is -0.356 e. The van der Waals surface area contributed by atoms with Gasteiger partial charge in [-0.3, -0.25) is 0 Å². The van der Waals surface area contributed by atoms with Gasteiger partial charge in [0.1, 0.15) is 0 Å². The van der Waals surface area contributed by atoms with Crippen LogP contribution in [0.4, 0.5) is 0 Å². The van der Waals surface area contributed by atoms with Crippen molar-refractivity contribution >= 4 is 17.4 Å². The van der Waals surface area contributed by atoms with E-state index in [-0.39, 0.29) is 39.7 Å². The Morgan fingerprint density at radius 2 is 0.444 bits per heavy atom. The van der Waals surface area contributed by atoms with Crippen LogP contribution in [-0.2, 0) is 22.4 Å². The van der Waals surface area contributed by atoms with Crippen molar-refractivity contribution in [2.24, 2.45) is 0 Å². The third-order valence-corrected chi connectivity index (χ3v) is 0.